The number of carbonyl (C=O) groups is 2. The van der Waals surface area contributed by atoms with Gasteiger partial charge in [0.15, 0.2) is 0 Å². The minimum atomic E-state index is -0.287. The van der Waals surface area contributed by atoms with Gasteiger partial charge in [0.2, 0.25) is 5.91 Å². The van der Waals surface area contributed by atoms with Gasteiger partial charge in [0.25, 0.3) is 0 Å². The Hall–Kier alpha value is -1.10. The molecule has 0 fully saturated rings. The number of esters is 1. The SMILES string of the molecule is C/C=C\C/C=C(\CBr)C(C)C(=O)NCCC(=O)OCC. The Morgan fingerprint density at radius 3 is 2.65 bits per heavy atom. The summed E-state index contributed by atoms with van der Waals surface area (Å²) < 4.78 is 4.80. The maximum atomic E-state index is 12.0. The lowest BCUT2D eigenvalue weighted by molar-refractivity contribution is -0.143. The monoisotopic (exact) mass is 345 g/mol. The lowest BCUT2D eigenvalue weighted by Gasteiger charge is -2.14. The van der Waals surface area contributed by atoms with Gasteiger partial charge < -0.3 is 10.1 Å². The molecule has 0 aliphatic rings. The van der Waals surface area contributed by atoms with Crippen molar-refractivity contribution >= 4 is 27.8 Å². The molecule has 1 N–H and O–H groups in total. The molecule has 0 heterocycles. The van der Waals surface area contributed by atoms with Crippen molar-refractivity contribution in [3.05, 3.63) is 23.8 Å². The van der Waals surface area contributed by atoms with E-state index in [0.29, 0.717) is 18.5 Å². The van der Waals surface area contributed by atoms with E-state index >= 15 is 0 Å². The van der Waals surface area contributed by atoms with E-state index in [0.717, 1.165) is 12.0 Å². The Balaban J connectivity index is 4.24. The molecule has 0 aromatic heterocycles. The molecule has 114 valence electrons. The summed E-state index contributed by atoms with van der Waals surface area (Å²) >= 11 is 3.40. The first-order chi connectivity index (χ1) is 9.56. The summed E-state index contributed by atoms with van der Waals surface area (Å²) in [7, 11) is 0. The van der Waals surface area contributed by atoms with E-state index in [9.17, 15) is 9.59 Å². The van der Waals surface area contributed by atoms with E-state index in [1.54, 1.807) is 6.92 Å². The molecule has 0 spiro atoms. The second-order valence-electron chi connectivity index (χ2n) is 4.29. The van der Waals surface area contributed by atoms with E-state index in [1.807, 2.05) is 32.1 Å². The minimum absolute atomic E-state index is 0.0690. The molecule has 1 atom stereocenters. The predicted octanol–water partition coefficient (Wildman–Crippen LogP) is 2.98. The molecule has 0 rings (SSSR count). The lowest BCUT2D eigenvalue weighted by atomic mass is 10.0. The van der Waals surface area contributed by atoms with Crippen molar-refractivity contribution in [2.24, 2.45) is 5.92 Å². The Morgan fingerprint density at radius 1 is 1.40 bits per heavy atom. The van der Waals surface area contributed by atoms with Crippen LogP contribution in [0, 0.1) is 5.92 Å². The van der Waals surface area contributed by atoms with Crippen molar-refractivity contribution in [1.29, 1.82) is 0 Å². The molecule has 0 aliphatic heterocycles. The van der Waals surface area contributed by atoms with E-state index in [4.69, 9.17) is 4.74 Å². The van der Waals surface area contributed by atoms with Crippen molar-refractivity contribution in [3.63, 3.8) is 0 Å². The fourth-order valence-corrected chi connectivity index (χ4v) is 2.26. The van der Waals surface area contributed by atoms with Crippen LogP contribution in [0.25, 0.3) is 0 Å². The number of hydrogen-bond donors (Lipinski definition) is 1. The number of rotatable bonds is 9. The van der Waals surface area contributed by atoms with Crippen LogP contribution in [-0.4, -0.2) is 30.4 Å². The van der Waals surface area contributed by atoms with Crippen LogP contribution in [-0.2, 0) is 14.3 Å². The molecule has 1 amide bonds. The maximum absolute atomic E-state index is 12.0. The molecule has 0 saturated carbocycles. The summed E-state index contributed by atoms with van der Waals surface area (Å²) in [5.41, 5.74) is 1.04. The van der Waals surface area contributed by atoms with Crippen LogP contribution in [0.5, 0.6) is 0 Å². The van der Waals surface area contributed by atoms with E-state index in [-0.39, 0.29) is 24.2 Å². The van der Waals surface area contributed by atoms with Crippen LogP contribution in [0.1, 0.15) is 33.6 Å². The number of carbonyl (C=O) groups excluding carboxylic acids is 2. The maximum Gasteiger partial charge on any atom is 0.307 e. The summed E-state index contributed by atoms with van der Waals surface area (Å²) in [6.07, 6.45) is 7.08. The van der Waals surface area contributed by atoms with Crippen LogP contribution in [0.4, 0.5) is 0 Å². The van der Waals surface area contributed by atoms with E-state index in [1.165, 1.54) is 0 Å². The Morgan fingerprint density at radius 2 is 2.10 bits per heavy atom. The molecule has 4 nitrogen and oxygen atoms in total. The van der Waals surface area contributed by atoms with Gasteiger partial charge in [-0.2, -0.15) is 0 Å². The highest BCUT2D eigenvalue weighted by molar-refractivity contribution is 9.09. The molecule has 0 aromatic carbocycles. The molecule has 0 saturated heterocycles. The molecule has 0 radical (unpaired) electrons. The standard InChI is InChI=1S/C15H24BrNO3/c1-4-6-7-8-13(11-16)12(3)15(19)17-10-9-14(18)20-5-2/h4,6,8,12H,5,7,9-11H2,1-3H3,(H,17,19)/b6-4-,13-8+. The highest BCUT2D eigenvalue weighted by Crippen LogP contribution is 2.14. The molecule has 0 bridgehead atoms. The minimum Gasteiger partial charge on any atom is -0.466 e. The van der Waals surface area contributed by atoms with Gasteiger partial charge in [0.1, 0.15) is 0 Å². The first-order valence-electron chi connectivity index (χ1n) is 6.86. The molecule has 20 heavy (non-hydrogen) atoms. The number of ether oxygens (including phenoxy) is 1. The topological polar surface area (TPSA) is 55.4 Å². The van der Waals surface area contributed by atoms with Gasteiger partial charge in [-0.1, -0.05) is 39.7 Å². The van der Waals surface area contributed by atoms with E-state index < -0.39 is 0 Å². The fraction of sp³-hybridized carbons (Fsp3) is 0.600. The van der Waals surface area contributed by atoms with Gasteiger partial charge in [-0.25, -0.2) is 0 Å². The largest absolute Gasteiger partial charge is 0.466 e. The third kappa shape index (κ3) is 8.15. The van der Waals surface area contributed by atoms with Gasteiger partial charge in [0, 0.05) is 11.9 Å². The molecule has 1 unspecified atom stereocenters. The zero-order valence-corrected chi connectivity index (χ0v) is 14.0. The summed E-state index contributed by atoms with van der Waals surface area (Å²) in [5.74, 6) is -0.563. The zero-order valence-electron chi connectivity index (χ0n) is 12.4. The molecular formula is C15H24BrNO3. The second kappa shape index (κ2) is 11.7. The van der Waals surface area contributed by atoms with Gasteiger partial charge in [-0.05, 0) is 27.2 Å². The van der Waals surface area contributed by atoms with Crippen molar-refractivity contribution in [2.45, 2.75) is 33.6 Å². The third-order valence-electron chi connectivity index (χ3n) is 2.79. The third-order valence-corrected chi connectivity index (χ3v) is 3.44. The molecule has 0 aromatic rings. The van der Waals surface area contributed by atoms with Gasteiger partial charge in [0.05, 0.1) is 18.9 Å². The van der Waals surface area contributed by atoms with Crippen molar-refractivity contribution < 1.29 is 14.3 Å². The summed E-state index contributed by atoms with van der Waals surface area (Å²) in [6.45, 7) is 6.27. The normalized spacial score (nSPS) is 13.3. The first kappa shape index (κ1) is 18.9. The number of hydrogen-bond acceptors (Lipinski definition) is 3. The molecule has 0 aliphatic carbocycles. The number of allylic oxidation sites excluding steroid dienone is 3. The van der Waals surface area contributed by atoms with Gasteiger partial charge >= 0.3 is 5.97 Å². The number of halogens is 1. The van der Waals surface area contributed by atoms with E-state index in [2.05, 4.69) is 21.2 Å². The summed E-state index contributed by atoms with van der Waals surface area (Å²) in [5, 5.41) is 3.42. The first-order valence-corrected chi connectivity index (χ1v) is 7.98. The number of nitrogens with one attached hydrogen (secondary N) is 1. The second-order valence-corrected chi connectivity index (χ2v) is 4.85. The van der Waals surface area contributed by atoms with Crippen molar-refractivity contribution in [3.8, 4) is 0 Å². The lowest BCUT2D eigenvalue weighted by Crippen LogP contribution is -2.32. The average molecular weight is 346 g/mol. The molecular weight excluding hydrogens is 322 g/mol. The van der Waals surface area contributed by atoms with Gasteiger partial charge in [-0.15, -0.1) is 0 Å². The average Bonchev–Trinajstić information content (AvgIpc) is 2.43. The fourth-order valence-electron chi connectivity index (χ4n) is 1.54. The Labute approximate surface area is 129 Å². The van der Waals surface area contributed by atoms with Crippen LogP contribution in [0.15, 0.2) is 23.8 Å². The van der Waals surface area contributed by atoms with Crippen molar-refractivity contribution in [2.75, 3.05) is 18.5 Å². The number of amides is 1. The Kier molecular flexibility index (Phi) is 11.1. The van der Waals surface area contributed by atoms with Crippen LogP contribution in [0.2, 0.25) is 0 Å². The highest BCUT2D eigenvalue weighted by atomic mass is 79.9. The highest BCUT2D eigenvalue weighted by Gasteiger charge is 2.16. The smallest absolute Gasteiger partial charge is 0.307 e. The quantitative estimate of drug-likeness (QED) is 0.397. The zero-order chi connectivity index (χ0) is 15.4. The number of alkyl halides is 1. The Bertz CT molecular complexity index is 364. The summed E-state index contributed by atoms with van der Waals surface area (Å²) in [6, 6.07) is 0. The molecule has 5 heteroatoms. The van der Waals surface area contributed by atoms with Crippen LogP contribution in [0.3, 0.4) is 0 Å². The van der Waals surface area contributed by atoms with Crippen LogP contribution >= 0.6 is 15.9 Å². The van der Waals surface area contributed by atoms with Crippen molar-refractivity contribution in [1.82, 2.24) is 5.32 Å². The van der Waals surface area contributed by atoms with Crippen LogP contribution < -0.4 is 5.32 Å². The predicted molar refractivity (Wildman–Crippen MR) is 84.7 cm³/mol. The van der Waals surface area contributed by atoms with Gasteiger partial charge in [-0.3, -0.25) is 9.59 Å². The summed E-state index contributed by atoms with van der Waals surface area (Å²) in [4.78, 5) is 23.1.